The Bertz CT molecular complexity index is 1020. The molecule has 0 heterocycles. The van der Waals surface area contributed by atoms with Gasteiger partial charge in [-0.25, -0.2) is 4.79 Å². The van der Waals surface area contributed by atoms with Gasteiger partial charge < -0.3 is 19.8 Å². The topological polar surface area (TPSA) is 104 Å². The molecule has 0 saturated heterocycles. The van der Waals surface area contributed by atoms with E-state index in [9.17, 15) is 24.6 Å². The van der Waals surface area contributed by atoms with Crippen molar-refractivity contribution in [2.75, 3.05) is 26.2 Å². The third kappa shape index (κ3) is 5.11. The molecule has 0 unspecified atom stereocenters. The second-order valence-electron chi connectivity index (χ2n) is 7.50. The second kappa shape index (κ2) is 11.1. The molecule has 0 fully saturated rings. The molecule has 1 aliphatic rings. The van der Waals surface area contributed by atoms with E-state index >= 15 is 0 Å². The Kier molecular flexibility index (Phi) is 8.80. The van der Waals surface area contributed by atoms with Crippen LogP contribution >= 0.6 is 12.4 Å². The summed E-state index contributed by atoms with van der Waals surface area (Å²) in [7, 11) is 0. The fourth-order valence-electron chi connectivity index (χ4n) is 3.80. The number of carbonyl (C=O) groups excluding carboxylic acids is 3. The summed E-state index contributed by atoms with van der Waals surface area (Å²) in [6, 6.07) is 6.59. The van der Waals surface area contributed by atoms with E-state index in [-0.39, 0.29) is 52.6 Å². The van der Waals surface area contributed by atoms with E-state index in [1.807, 2.05) is 0 Å². The summed E-state index contributed by atoms with van der Waals surface area (Å²) in [6.45, 7) is 7.51. The number of nitrogens with zero attached hydrogens (tertiary/aromatic N) is 1. The zero-order chi connectivity index (χ0) is 22.5. The van der Waals surface area contributed by atoms with Crippen molar-refractivity contribution in [1.82, 2.24) is 4.90 Å². The van der Waals surface area contributed by atoms with Crippen molar-refractivity contribution in [3.8, 4) is 11.5 Å². The normalized spacial score (nSPS) is 12.2. The van der Waals surface area contributed by atoms with Crippen molar-refractivity contribution in [3.63, 3.8) is 0 Å². The van der Waals surface area contributed by atoms with Crippen LogP contribution in [0.5, 0.6) is 11.5 Å². The van der Waals surface area contributed by atoms with E-state index in [2.05, 4.69) is 18.7 Å². The number of rotatable bonds is 9. The fourth-order valence-corrected chi connectivity index (χ4v) is 3.80. The number of carbonyl (C=O) groups is 3. The van der Waals surface area contributed by atoms with Crippen molar-refractivity contribution in [1.29, 1.82) is 0 Å². The minimum Gasteiger partial charge on any atom is -0.507 e. The minimum absolute atomic E-state index is 0. The van der Waals surface area contributed by atoms with Crippen LogP contribution in [0.3, 0.4) is 0 Å². The molecule has 2 aromatic carbocycles. The SMILES string of the molecule is CCN(CC)CCCCCOC(=O)c1cc(O)c2c(c1)C(=O)c1cccc(O)c1C2=O.Cl. The molecule has 3 rings (SSSR count). The van der Waals surface area contributed by atoms with Crippen LogP contribution in [0.4, 0.5) is 0 Å². The molecule has 0 amide bonds. The summed E-state index contributed by atoms with van der Waals surface area (Å²) in [5.74, 6) is -2.68. The molecule has 172 valence electrons. The van der Waals surface area contributed by atoms with Gasteiger partial charge >= 0.3 is 5.97 Å². The number of benzene rings is 2. The maximum atomic E-state index is 12.8. The lowest BCUT2D eigenvalue weighted by molar-refractivity contribution is 0.0496. The molecular weight excluding hydrogens is 434 g/mol. The Morgan fingerprint density at radius 2 is 1.59 bits per heavy atom. The minimum atomic E-state index is -0.663. The van der Waals surface area contributed by atoms with Crippen LogP contribution < -0.4 is 0 Å². The summed E-state index contributed by atoms with van der Waals surface area (Å²) in [4.78, 5) is 40.3. The molecule has 0 aromatic heterocycles. The van der Waals surface area contributed by atoms with E-state index in [0.29, 0.717) is 6.42 Å². The molecule has 0 aliphatic heterocycles. The number of hydrogen-bond acceptors (Lipinski definition) is 7. The Hall–Kier alpha value is -2.90. The largest absolute Gasteiger partial charge is 0.507 e. The molecular formula is C24H28ClNO6. The highest BCUT2D eigenvalue weighted by molar-refractivity contribution is 6.30. The van der Waals surface area contributed by atoms with E-state index in [1.54, 1.807) is 0 Å². The van der Waals surface area contributed by atoms with Gasteiger partial charge in [0.2, 0.25) is 5.78 Å². The first-order valence-corrected chi connectivity index (χ1v) is 10.6. The highest BCUT2D eigenvalue weighted by Crippen LogP contribution is 2.37. The van der Waals surface area contributed by atoms with Gasteiger partial charge in [-0.15, -0.1) is 12.4 Å². The van der Waals surface area contributed by atoms with Crippen LogP contribution in [0.1, 0.15) is 75.3 Å². The summed E-state index contributed by atoms with van der Waals surface area (Å²) >= 11 is 0. The Morgan fingerprint density at radius 3 is 2.28 bits per heavy atom. The van der Waals surface area contributed by atoms with Crippen LogP contribution in [0.15, 0.2) is 30.3 Å². The van der Waals surface area contributed by atoms with Gasteiger partial charge in [-0.1, -0.05) is 26.0 Å². The van der Waals surface area contributed by atoms with Crippen molar-refractivity contribution in [3.05, 3.63) is 58.1 Å². The van der Waals surface area contributed by atoms with Gasteiger partial charge in [-0.3, -0.25) is 9.59 Å². The molecule has 0 radical (unpaired) electrons. The Balaban J connectivity index is 0.00000363. The van der Waals surface area contributed by atoms with Gasteiger partial charge in [-0.2, -0.15) is 0 Å². The van der Waals surface area contributed by atoms with E-state index in [0.717, 1.165) is 38.5 Å². The fraction of sp³-hybridized carbons (Fsp3) is 0.375. The van der Waals surface area contributed by atoms with E-state index < -0.39 is 23.3 Å². The first-order chi connectivity index (χ1) is 14.9. The van der Waals surface area contributed by atoms with Gasteiger partial charge in [0.1, 0.15) is 11.5 Å². The van der Waals surface area contributed by atoms with Crippen molar-refractivity contribution in [2.45, 2.75) is 33.1 Å². The molecule has 8 heteroatoms. The van der Waals surface area contributed by atoms with Crippen LogP contribution in [0.25, 0.3) is 0 Å². The molecule has 0 saturated carbocycles. The lowest BCUT2D eigenvalue weighted by Gasteiger charge is -2.20. The van der Waals surface area contributed by atoms with Crippen molar-refractivity contribution >= 4 is 29.9 Å². The Labute approximate surface area is 193 Å². The van der Waals surface area contributed by atoms with Crippen LogP contribution in [0.2, 0.25) is 0 Å². The number of halogens is 1. The number of hydrogen-bond donors (Lipinski definition) is 2. The predicted octanol–water partition coefficient (Wildman–Crippen LogP) is 3.96. The van der Waals surface area contributed by atoms with Gasteiger partial charge in [0, 0.05) is 11.1 Å². The molecule has 0 spiro atoms. The molecule has 7 nitrogen and oxygen atoms in total. The van der Waals surface area contributed by atoms with Gasteiger partial charge in [0.05, 0.1) is 23.3 Å². The number of unbranched alkanes of at least 4 members (excludes halogenated alkanes) is 2. The lowest BCUT2D eigenvalue weighted by Crippen LogP contribution is -2.24. The summed E-state index contributed by atoms with van der Waals surface area (Å²) < 4.78 is 5.28. The average molecular weight is 462 g/mol. The van der Waals surface area contributed by atoms with Crippen molar-refractivity contribution < 1.29 is 29.3 Å². The molecule has 32 heavy (non-hydrogen) atoms. The summed E-state index contributed by atoms with van der Waals surface area (Å²) in [5, 5.41) is 20.4. The maximum Gasteiger partial charge on any atom is 0.338 e. The van der Waals surface area contributed by atoms with E-state index in [4.69, 9.17) is 4.74 Å². The number of esters is 1. The highest BCUT2D eigenvalue weighted by atomic mass is 35.5. The standard InChI is InChI=1S/C24H27NO6.ClH/c1-3-25(4-2)11-6-5-7-12-31-24(30)15-13-17-21(19(27)14-15)23(29)20-16(22(17)28)9-8-10-18(20)26;/h8-10,13-14,26-27H,3-7,11-12H2,1-2H3;1H. The number of phenolic OH excluding ortho intramolecular Hbond substituents is 2. The molecule has 0 atom stereocenters. The smallest absolute Gasteiger partial charge is 0.338 e. The molecule has 1 aliphatic carbocycles. The quantitative estimate of drug-likeness (QED) is 0.367. The highest BCUT2D eigenvalue weighted by Gasteiger charge is 2.35. The third-order valence-electron chi connectivity index (χ3n) is 5.59. The van der Waals surface area contributed by atoms with E-state index in [1.165, 1.54) is 24.3 Å². The number of aromatic hydroxyl groups is 2. The molecule has 2 aromatic rings. The van der Waals surface area contributed by atoms with Crippen molar-refractivity contribution in [2.24, 2.45) is 0 Å². The van der Waals surface area contributed by atoms with Crippen LogP contribution in [-0.4, -0.2) is 58.9 Å². The van der Waals surface area contributed by atoms with Crippen LogP contribution in [-0.2, 0) is 4.74 Å². The molecule has 0 bridgehead atoms. The van der Waals surface area contributed by atoms with Gasteiger partial charge in [-0.05, 0) is 57.1 Å². The number of ether oxygens (including phenoxy) is 1. The predicted molar refractivity (Wildman–Crippen MR) is 122 cm³/mol. The first-order valence-electron chi connectivity index (χ1n) is 10.6. The number of ketones is 2. The third-order valence-corrected chi connectivity index (χ3v) is 5.59. The zero-order valence-electron chi connectivity index (χ0n) is 18.2. The maximum absolute atomic E-state index is 12.8. The number of phenols is 2. The second-order valence-corrected chi connectivity index (χ2v) is 7.50. The monoisotopic (exact) mass is 461 g/mol. The van der Waals surface area contributed by atoms with Gasteiger partial charge in [0.25, 0.3) is 0 Å². The first kappa shape index (κ1) is 25.4. The van der Waals surface area contributed by atoms with Gasteiger partial charge in [0.15, 0.2) is 5.78 Å². The molecule has 2 N–H and O–H groups in total. The number of fused-ring (bicyclic) bond motifs is 2. The average Bonchev–Trinajstić information content (AvgIpc) is 2.76. The van der Waals surface area contributed by atoms with Crippen LogP contribution in [0, 0.1) is 0 Å². The Morgan fingerprint density at radius 1 is 0.906 bits per heavy atom. The lowest BCUT2D eigenvalue weighted by atomic mass is 9.82. The summed E-state index contributed by atoms with van der Waals surface area (Å²) in [5.41, 5.74) is -0.392. The zero-order valence-corrected chi connectivity index (χ0v) is 19.0. The summed E-state index contributed by atoms with van der Waals surface area (Å²) in [6.07, 6.45) is 2.65.